The lowest BCUT2D eigenvalue weighted by atomic mass is 10.0. The Morgan fingerprint density at radius 3 is 2.50 bits per heavy atom. The second-order valence-electron chi connectivity index (χ2n) is 5.87. The van der Waals surface area contributed by atoms with Crippen molar-refractivity contribution in [1.82, 2.24) is 4.90 Å². The third-order valence-corrected chi connectivity index (χ3v) is 4.69. The van der Waals surface area contributed by atoms with E-state index in [0.29, 0.717) is 18.9 Å². The fourth-order valence-corrected chi connectivity index (χ4v) is 3.33. The van der Waals surface area contributed by atoms with Gasteiger partial charge >= 0.3 is 5.97 Å². The highest BCUT2D eigenvalue weighted by Gasteiger charge is 2.49. The van der Waals surface area contributed by atoms with Crippen LogP contribution >= 0.6 is 0 Å². The van der Waals surface area contributed by atoms with E-state index in [0.717, 1.165) is 6.42 Å². The first-order valence-corrected chi connectivity index (χ1v) is 7.18. The molecule has 1 saturated carbocycles. The Bertz CT molecular complexity index is 528. The zero-order valence-electron chi connectivity index (χ0n) is 11.5. The fourth-order valence-electron chi connectivity index (χ4n) is 3.33. The normalized spacial score (nSPS) is 32.1. The van der Waals surface area contributed by atoms with Crippen LogP contribution in [0.1, 0.15) is 31.2 Å². The Morgan fingerprint density at radius 2 is 1.90 bits per heavy atom. The number of likely N-dealkylation sites (tertiary alicyclic amines) is 1. The van der Waals surface area contributed by atoms with Crippen molar-refractivity contribution >= 4 is 11.9 Å². The first kappa shape index (κ1) is 13.2. The molecule has 2 aliphatic rings. The summed E-state index contributed by atoms with van der Waals surface area (Å²) < 4.78 is 0. The molecular weight excluding hydrogens is 254 g/mol. The molecule has 1 aromatic carbocycles. The molecule has 0 spiro atoms. The van der Waals surface area contributed by atoms with Crippen LogP contribution in [0, 0.1) is 11.8 Å². The van der Waals surface area contributed by atoms with E-state index in [9.17, 15) is 9.59 Å². The molecular formula is C16H19NO3. The van der Waals surface area contributed by atoms with Gasteiger partial charge in [-0.15, -0.1) is 0 Å². The molecule has 4 unspecified atom stereocenters. The molecule has 4 heteroatoms. The molecule has 4 nitrogen and oxygen atoms in total. The van der Waals surface area contributed by atoms with Gasteiger partial charge in [-0.2, -0.15) is 0 Å². The number of carboxylic acids is 1. The number of rotatable bonds is 3. The van der Waals surface area contributed by atoms with Gasteiger partial charge in [-0.1, -0.05) is 30.3 Å². The topological polar surface area (TPSA) is 57.6 Å². The Balaban J connectivity index is 1.66. The molecule has 1 N–H and O–H groups in total. The average Bonchev–Trinajstić information content (AvgIpc) is 3.15. The van der Waals surface area contributed by atoms with Crippen molar-refractivity contribution in [3.05, 3.63) is 35.9 Å². The summed E-state index contributed by atoms with van der Waals surface area (Å²) in [5.74, 6) is -0.696. The number of hydrogen-bond donors (Lipinski definition) is 1. The quantitative estimate of drug-likeness (QED) is 0.917. The number of carbonyl (C=O) groups excluding carboxylic acids is 1. The fraction of sp³-hybridized carbons (Fsp3) is 0.500. The number of carboxylic acid groups (broad SMARTS) is 1. The van der Waals surface area contributed by atoms with Crippen molar-refractivity contribution in [3.63, 3.8) is 0 Å². The van der Waals surface area contributed by atoms with E-state index in [1.165, 1.54) is 5.56 Å². The smallest absolute Gasteiger partial charge is 0.308 e. The van der Waals surface area contributed by atoms with Gasteiger partial charge in [0.25, 0.3) is 0 Å². The van der Waals surface area contributed by atoms with E-state index < -0.39 is 11.9 Å². The number of amides is 1. The lowest BCUT2D eigenvalue weighted by Crippen LogP contribution is -2.38. The number of hydrogen-bond acceptors (Lipinski definition) is 2. The predicted octanol–water partition coefficient (Wildman–Crippen LogP) is 2.11. The summed E-state index contributed by atoms with van der Waals surface area (Å²) >= 11 is 0. The lowest BCUT2D eigenvalue weighted by Gasteiger charge is -2.23. The van der Waals surface area contributed by atoms with Crippen molar-refractivity contribution in [3.8, 4) is 0 Å². The summed E-state index contributed by atoms with van der Waals surface area (Å²) in [4.78, 5) is 25.4. The van der Waals surface area contributed by atoms with Crippen molar-refractivity contribution < 1.29 is 14.7 Å². The minimum absolute atomic E-state index is 0.0485. The van der Waals surface area contributed by atoms with Crippen molar-refractivity contribution in [2.24, 2.45) is 11.8 Å². The van der Waals surface area contributed by atoms with E-state index in [2.05, 4.69) is 12.1 Å². The highest BCUT2D eigenvalue weighted by atomic mass is 16.4. The molecule has 0 aromatic heterocycles. The van der Waals surface area contributed by atoms with Crippen LogP contribution in [0.3, 0.4) is 0 Å². The first-order chi connectivity index (χ1) is 9.59. The predicted molar refractivity (Wildman–Crippen MR) is 74.2 cm³/mol. The summed E-state index contributed by atoms with van der Waals surface area (Å²) in [5, 5.41) is 9.13. The molecule has 4 atom stereocenters. The van der Waals surface area contributed by atoms with Gasteiger partial charge in [-0.05, 0) is 31.2 Å². The van der Waals surface area contributed by atoms with Crippen LogP contribution in [-0.4, -0.2) is 34.5 Å². The molecule has 1 aromatic rings. The molecule has 0 bridgehead atoms. The van der Waals surface area contributed by atoms with Crippen LogP contribution in [0.15, 0.2) is 30.3 Å². The van der Waals surface area contributed by atoms with Gasteiger partial charge < -0.3 is 10.0 Å². The molecule has 20 heavy (non-hydrogen) atoms. The number of benzene rings is 1. The van der Waals surface area contributed by atoms with E-state index in [-0.39, 0.29) is 17.9 Å². The maximum absolute atomic E-state index is 12.5. The van der Waals surface area contributed by atoms with Gasteiger partial charge in [0.05, 0.1) is 5.92 Å². The molecule has 1 aliphatic carbocycles. The van der Waals surface area contributed by atoms with Gasteiger partial charge in [-0.3, -0.25) is 9.59 Å². The van der Waals surface area contributed by atoms with Gasteiger partial charge in [0, 0.05) is 18.5 Å². The highest BCUT2D eigenvalue weighted by Crippen LogP contribution is 2.49. The van der Waals surface area contributed by atoms with Gasteiger partial charge in [0.15, 0.2) is 0 Å². The Kier molecular flexibility index (Phi) is 3.24. The van der Waals surface area contributed by atoms with Gasteiger partial charge in [0.1, 0.15) is 0 Å². The zero-order chi connectivity index (χ0) is 14.3. The summed E-state index contributed by atoms with van der Waals surface area (Å²) in [6.07, 6.45) is 1.47. The molecule has 1 amide bonds. The van der Waals surface area contributed by atoms with Gasteiger partial charge in [0.2, 0.25) is 5.91 Å². The number of nitrogens with zero attached hydrogens (tertiary/aromatic N) is 1. The molecule has 2 fully saturated rings. The molecule has 1 heterocycles. The Morgan fingerprint density at radius 1 is 1.20 bits per heavy atom. The van der Waals surface area contributed by atoms with E-state index in [1.54, 1.807) is 4.90 Å². The van der Waals surface area contributed by atoms with Gasteiger partial charge in [-0.25, -0.2) is 0 Å². The summed E-state index contributed by atoms with van der Waals surface area (Å²) in [6, 6.07) is 9.90. The number of aliphatic carboxylic acids is 1. The lowest BCUT2D eigenvalue weighted by molar-refractivity contribution is -0.143. The summed E-state index contributed by atoms with van der Waals surface area (Å²) in [7, 11) is 0. The van der Waals surface area contributed by atoms with Crippen LogP contribution < -0.4 is 0 Å². The van der Waals surface area contributed by atoms with Crippen LogP contribution in [0.2, 0.25) is 0 Å². The van der Waals surface area contributed by atoms with Crippen LogP contribution in [0.25, 0.3) is 0 Å². The maximum Gasteiger partial charge on any atom is 0.308 e. The minimum atomic E-state index is -0.789. The molecule has 1 aliphatic heterocycles. The minimum Gasteiger partial charge on any atom is -0.481 e. The third-order valence-electron chi connectivity index (χ3n) is 4.69. The second-order valence-corrected chi connectivity index (χ2v) is 5.87. The zero-order valence-corrected chi connectivity index (χ0v) is 11.5. The molecule has 106 valence electrons. The monoisotopic (exact) mass is 273 g/mol. The standard InChI is InChI=1S/C16H19NO3/c1-10-12(16(19)20)7-8-17(10)15(18)14-9-13(14)11-5-3-2-4-6-11/h2-6,10,12-14H,7-9H2,1H3,(H,19,20). The van der Waals surface area contributed by atoms with Crippen molar-refractivity contribution in [1.29, 1.82) is 0 Å². The van der Waals surface area contributed by atoms with Crippen LogP contribution in [0.5, 0.6) is 0 Å². The molecule has 0 radical (unpaired) electrons. The van der Waals surface area contributed by atoms with Crippen LogP contribution in [0.4, 0.5) is 0 Å². The SMILES string of the molecule is CC1C(C(=O)O)CCN1C(=O)C1CC1c1ccccc1. The maximum atomic E-state index is 12.5. The average molecular weight is 273 g/mol. The van der Waals surface area contributed by atoms with E-state index >= 15 is 0 Å². The highest BCUT2D eigenvalue weighted by molar-refractivity contribution is 5.84. The molecule has 1 saturated heterocycles. The van der Waals surface area contributed by atoms with E-state index in [1.807, 2.05) is 25.1 Å². The van der Waals surface area contributed by atoms with Crippen molar-refractivity contribution in [2.75, 3.05) is 6.54 Å². The Labute approximate surface area is 118 Å². The molecule has 3 rings (SSSR count). The first-order valence-electron chi connectivity index (χ1n) is 7.18. The van der Waals surface area contributed by atoms with Crippen LogP contribution in [-0.2, 0) is 9.59 Å². The second kappa shape index (κ2) is 4.93. The summed E-state index contributed by atoms with van der Waals surface area (Å²) in [5.41, 5.74) is 1.22. The largest absolute Gasteiger partial charge is 0.481 e. The number of carbonyl (C=O) groups is 2. The summed E-state index contributed by atoms with van der Waals surface area (Å²) in [6.45, 7) is 2.43. The Hall–Kier alpha value is -1.84. The van der Waals surface area contributed by atoms with Crippen molar-refractivity contribution in [2.45, 2.75) is 31.7 Å². The third kappa shape index (κ3) is 2.19. The van der Waals surface area contributed by atoms with E-state index in [4.69, 9.17) is 5.11 Å².